The molecule has 0 spiro atoms. The first-order valence-corrected chi connectivity index (χ1v) is 8.11. The Kier molecular flexibility index (Phi) is 4.14. The summed E-state index contributed by atoms with van der Waals surface area (Å²) in [4.78, 5) is 4.11. The summed E-state index contributed by atoms with van der Waals surface area (Å²) in [5.41, 5.74) is 2.69. The summed E-state index contributed by atoms with van der Waals surface area (Å²) in [6.07, 6.45) is 0. The van der Waals surface area contributed by atoms with Crippen LogP contribution >= 0.6 is 11.6 Å². The van der Waals surface area contributed by atoms with E-state index in [1.165, 1.54) is 7.11 Å². The number of hydrogen-bond acceptors (Lipinski definition) is 7. The van der Waals surface area contributed by atoms with Gasteiger partial charge in [-0.1, -0.05) is 47.1 Å². The van der Waals surface area contributed by atoms with E-state index < -0.39 is 0 Å². The number of aromatic nitrogens is 4. The van der Waals surface area contributed by atoms with Gasteiger partial charge in [0.05, 0.1) is 12.7 Å². The van der Waals surface area contributed by atoms with Crippen molar-refractivity contribution in [1.29, 1.82) is 0 Å². The standard InChI is InChI=1S/C18H13ClN4O3/c1-10-14(15(23-26-10)11-6-4-3-5-7-11)18-22-21-17(25-18)12-8-9-13(24-2)20-16(12)19/h3-9H,1-2H3. The van der Waals surface area contributed by atoms with E-state index in [1.807, 2.05) is 30.3 Å². The lowest BCUT2D eigenvalue weighted by Crippen LogP contribution is -1.89. The van der Waals surface area contributed by atoms with E-state index in [9.17, 15) is 0 Å². The molecule has 0 fully saturated rings. The fourth-order valence-corrected chi connectivity index (χ4v) is 2.77. The van der Waals surface area contributed by atoms with Crippen LogP contribution < -0.4 is 4.74 Å². The fraction of sp³-hybridized carbons (Fsp3) is 0.111. The van der Waals surface area contributed by atoms with Crippen molar-refractivity contribution in [3.8, 4) is 40.0 Å². The zero-order valence-corrected chi connectivity index (χ0v) is 14.7. The Balaban J connectivity index is 1.77. The van der Waals surface area contributed by atoms with Gasteiger partial charge in [0.15, 0.2) is 0 Å². The van der Waals surface area contributed by atoms with Crippen molar-refractivity contribution in [3.05, 3.63) is 53.4 Å². The smallest absolute Gasteiger partial charge is 0.254 e. The van der Waals surface area contributed by atoms with Crippen molar-refractivity contribution in [3.63, 3.8) is 0 Å². The van der Waals surface area contributed by atoms with Crippen LogP contribution in [-0.2, 0) is 0 Å². The third kappa shape index (κ3) is 2.82. The summed E-state index contributed by atoms with van der Waals surface area (Å²) in [5.74, 6) is 1.53. The summed E-state index contributed by atoms with van der Waals surface area (Å²) in [7, 11) is 1.52. The van der Waals surface area contributed by atoms with E-state index in [2.05, 4.69) is 20.3 Å². The third-order valence-corrected chi connectivity index (χ3v) is 4.10. The second-order valence-electron chi connectivity index (χ2n) is 5.43. The lowest BCUT2D eigenvalue weighted by atomic mass is 10.1. The Hall–Kier alpha value is -3.19. The van der Waals surface area contributed by atoms with Crippen molar-refractivity contribution in [1.82, 2.24) is 20.3 Å². The van der Waals surface area contributed by atoms with Crippen molar-refractivity contribution < 1.29 is 13.7 Å². The van der Waals surface area contributed by atoms with Crippen molar-refractivity contribution in [2.45, 2.75) is 6.92 Å². The third-order valence-electron chi connectivity index (χ3n) is 3.81. The summed E-state index contributed by atoms with van der Waals surface area (Å²) in [6, 6.07) is 13.0. The van der Waals surface area contributed by atoms with Gasteiger partial charge < -0.3 is 13.7 Å². The average Bonchev–Trinajstić information content (AvgIpc) is 3.28. The number of halogens is 1. The van der Waals surface area contributed by atoms with Gasteiger partial charge >= 0.3 is 0 Å². The second-order valence-corrected chi connectivity index (χ2v) is 5.79. The molecule has 0 bridgehead atoms. The van der Waals surface area contributed by atoms with E-state index in [1.54, 1.807) is 19.1 Å². The largest absolute Gasteiger partial charge is 0.481 e. The molecule has 3 heterocycles. The SMILES string of the molecule is COc1ccc(-c2nnc(-c3c(-c4ccccc4)noc3C)o2)c(Cl)n1. The van der Waals surface area contributed by atoms with Crippen LogP contribution in [0, 0.1) is 6.92 Å². The zero-order chi connectivity index (χ0) is 18.1. The number of rotatable bonds is 4. The molecule has 0 saturated heterocycles. The summed E-state index contributed by atoms with van der Waals surface area (Å²) in [6.45, 7) is 1.79. The van der Waals surface area contributed by atoms with E-state index in [0.29, 0.717) is 34.4 Å². The first-order chi connectivity index (χ1) is 12.7. The Morgan fingerprint density at radius 3 is 2.50 bits per heavy atom. The van der Waals surface area contributed by atoms with Gasteiger partial charge in [-0.25, -0.2) is 4.98 Å². The zero-order valence-electron chi connectivity index (χ0n) is 13.9. The van der Waals surface area contributed by atoms with Crippen LogP contribution in [-0.4, -0.2) is 27.4 Å². The summed E-state index contributed by atoms with van der Waals surface area (Å²) < 4.78 is 16.2. The van der Waals surface area contributed by atoms with Gasteiger partial charge in [0.1, 0.15) is 22.2 Å². The number of pyridine rings is 1. The molecule has 4 rings (SSSR count). The average molecular weight is 369 g/mol. The minimum absolute atomic E-state index is 0.213. The van der Waals surface area contributed by atoms with Gasteiger partial charge in [-0.05, 0) is 13.0 Å². The molecule has 0 aliphatic heterocycles. The van der Waals surface area contributed by atoms with Gasteiger partial charge in [-0.3, -0.25) is 0 Å². The molecule has 8 heteroatoms. The van der Waals surface area contributed by atoms with E-state index in [-0.39, 0.29) is 11.0 Å². The minimum Gasteiger partial charge on any atom is -0.481 e. The minimum atomic E-state index is 0.213. The van der Waals surface area contributed by atoms with E-state index in [4.69, 9.17) is 25.3 Å². The first-order valence-electron chi connectivity index (χ1n) is 7.74. The molecule has 0 aliphatic rings. The normalized spacial score (nSPS) is 10.9. The molecule has 3 aromatic heterocycles. The number of methoxy groups -OCH3 is 1. The highest BCUT2D eigenvalue weighted by molar-refractivity contribution is 6.31. The predicted octanol–water partition coefficient (Wildman–Crippen LogP) is 4.42. The number of nitrogens with zero attached hydrogens (tertiary/aromatic N) is 4. The molecule has 7 nitrogen and oxygen atoms in total. The Bertz CT molecular complexity index is 1060. The highest BCUT2D eigenvalue weighted by Crippen LogP contribution is 2.35. The van der Waals surface area contributed by atoms with Gasteiger partial charge in [-0.15, -0.1) is 10.2 Å². The Labute approximate surface area is 153 Å². The van der Waals surface area contributed by atoms with Crippen molar-refractivity contribution >= 4 is 11.6 Å². The lowest BCUT2D eigenvalue weighted by Gasteiger charge is -2.01. The number of hydrogen-bond donors (Lipinski definition) is 0. The van der Waals surface area contributed by atoms with E-state index in [0.717, 1.165) is 5.56 Å². The van der Waals surface area contributed by atoms with Crippen molar-refractivity contribution in [2.24, 2.45) is 0 Å². The first kappa shape index (κ1) is 16.3. The number of aryl methyl sites for hydroxylation is 1. The molecule has 130 valence electrons. The second kappa shape index (κ2) is 6.61. The maximum absolute atomic E-state index is 6.19. The molecule has 0 atom stereocenters. The molecule has 1 aromatic carbocycles. The van der Waals surface area contributed by atoms with E-state index >= 15 is 0 Å². The summed E-state index contributed by atoms with van der Waals surface area (Å²) in [5, 5.41) is 12.6. The lowest BCUT2D eigenvalue weighted by molar-refractivity contribution is 0.398. The quantitative estimate of drug-likeness (QED) is 0.492. The van der Waals surface area contributed by atoms with Crippen LogP contribution in [0.3, 0.4) is 0 Å². The molecule has 26 heavy (non-hydrogen) atoms. The molecule has 0 amide bonds. The topological polar surface area (TPSA) is 87.1 Å². The molecule has 0 unspecified atom stereocenters. The molecular formula is C18H13ClN4O3. The van der Waals surface area contributed by atoms with Crippen molar-refractivity contribution in [2.75, 3.05) is 7.11 Å². The number of ether oxygens (including phenoxy) is 1. The van der Waals surface area contributed by atoms with Crippen LogP contribution in [0.4, 0.5) is 0 Å². The van der Waals surface area contributed by atoms with Crippen LogP contribution in [0.2, 0.25) is 5.15 Å². The predicted molar refractivity (Wildman–Crippen MR) is 94.8 cm³/mol. The van der Waals surface area contributed by atoms with Gasteiger partial charge in [0, 0.05) is 11.6 Å². The Morgan fingerprint density at radius 2 is 1.77 bits per heavy atom. The fourth-order valence-electron chi connectivity index (χ4n) is 2.54. The molecule has 0 aliphatic carbocycles. The maximum Gasteiger partial charge on any atom is 0.254 e. The van der Waals surface area contributed by atoms with Crippen LogP contribution in [0.15, 0.2) is 51.4 Å². The highest BCUT2D eigenvalue weighted by Gasteiger charge is 2.23. The monoisotopic (exact) mass is 368 g/mol. The number of benzene rings is 1. The molecule has 0 N–H and O–H groups in total. The van der Waals surface area contributed by atoms with Gasteiger partial charge in [-0.2, -0.15) is 0 Å². The van der Waals surface area contributed by atoms with Crippen LogP contribution in [0.1, 0.15) is 5.76 Å². The molecule has 0 radical (unpaired) electrons. The highest BCUT2D eigenvalue weighted by atomic mass is 35.5. The Morgan fingerprint density at radius 1 is 1.00 bits per heavy atom. The van der Waals surface area contributed by atoms with Gasteiger partial charge in [0.2, 0.25) is 5.88 Å². The van der Waals surface area contributed by atoms with Gasteiger partial charge in [0.25, 0.3) is 11.8 Å². The molecule has 0 saturated carbocycles. The summed E-state index contributed by atoms with van der Waals surface area (Å²) >= 11 is 6.19. The molecule has 4 aromatic rings. The molecular weight excluding hydrogens is 356 g/mol. The van der Waals surface area contributed by atoms with Crippen LogP contribution in [0.5, 0.6) is 5.88 Å². The van der Waals surface area contributed by atoms with Crippen LogP contribution in [0.25, 0.3) is 34.2 Å². The maximum atomic E-state index is 6.19.